The minimum atomic E-state index is -3.20. The standard InChI is InChI=1S/C21H21FN2O5S/c1-13-3-5-15(9-18(13)22)20-10-19(23-29-20)21(25)24(11-17-6-4-14(2)28-17)16-7-8-30(26,27)12-16/h3-6,9-10,16H,7-8,11-12H2,1-2H3/t16-/m1/s1. The molecule has 0 N–H and O–H groups in total. The van der Waals surface area contributed by atoms with E-state index in [9.17, 15) is 17.6 Å². The molecule has 1 aromatic carbocycles. The summed E-state index contributed by atoms with van der Waals surface area (Å²) in [5, 5.41) is 3.85. The van der Waals surface area contributed by atoms with E-state index < -0.39 is 21.8 Å². The fourth-order valence-corrected chi connectivity index (χ4v) is 5.26. The number of carbonyl (C=O) groups is 1. The van der Waals surface area contributed by atoms with Gasteiger partial charge in [0.1, 0.15) is 17.3 Å². The number of amides is 1. The summed E-state index contributed by atoms with van der Waals surface area (Å²) in [7, 11) is -3.20. The molecular weight excluding hydrogens is 411 g/mol. The summed E-state index contributed by atoms with van der Waals surface area (Å²) in [6.07, 6.45) is 0.349. The third-order valence-electron chi connectivity index (χ3n) is 5.22. The zero-order valence-corrected chi connectivity index (χ0v) is 17.4. The number of rotatable bonds is 5. The number of sulfone groups is 1. The van der Waals surface area contributed by atoms with E-state index in [1.54, 1.807) is 38.1 Å². The summed E-state index contributed by atoms with van der Waals surface area (Å²) in [6.45, 7) is 3.56. The molecule has 1 aliphatic heterocycles. The Bertz CT molecular complexity index is 1200. The third-order valence-corrected chi connectivity index (χ3v) is 6.97. The van der Waals surface area contributed by atoms with Crippen LogP contribution in [0, 0.1) is 19.7 Å². The highest BCUT2D eigenvalue weighted by atomic mass is 32.2. The van der Waals surface area contributed by atoms with Crippen molar-refractivity contribution in [3.05, 3.63) is 65.0 Å². The quantitative estimate of drug-likeness (QED) is 0.612. The van der Waals surface area contributed by atoms with Gasteiger partial charge in [0.15, 0.2) is 21.3 Å². The molecule has 30 heavy (non-hydrogen) atoms. The molecule has 3 aromatic rings. The number of hydrogen-bond acceptors (Lipinski definition) is 6. The normalized spacial score (nSPS) is 17.9. The van der Waals surface area contributed by atoms with Crippen LogP contribution in [-0.2, 0) is 16.4 Å². The Morgan fingerprint density at radius 1 is 1.23 bits per heavy atom. The summed E-state index contributed by atoms with van der Waals surface area (Å²) >= 11 is 0. The molecule has 1 amide bonds. The number of halogens is 1. The fraction of sp³-hybridized carbons (Fsp3) is 0.333. The molecule has 0 aliphatic carbocycles. The van der Waals surface area contributed by atoms with Gasteiger partial charge in [0.25, 0.3) is 5.91 Å². The third kappa shape index (κ3) is 4.16. The van der Waals surface area contributed by atoms with Gasteiger partial charge in [-0.15, -0.1) is 0 Å². The van der Waals surface area contributed by atoms with Gasteiger partial charge in [-0.2, -0.15) is 0 Å². The highest BCUT2D eigenvalue weighted by Crippen LogP contribution is 2.26. The summed E-state index contributed by atoms with van der Waals surface area (Å²) in [6, 6.07) is 9.10. The van der Waals surface area contributed by atoms with Crippen LogP contribution >= 0.6 is 0 Å². The SMILES string of the molecule is Cc1ccc(CN(C(=O)c2cc(-c3ccc(C)c(F)c3)on2)[C@@H]2CCS(=O)(=O)C2)o1. The van der Waals surface area contributed by atoms with Crippen molar-refractivity contribution in [1.29, 1.82) is 0 Å². The van der Waals surface area contributed by atoms with Crippen LogP contribution in [0.15, 0.2) is 45.3 Å². The molecule has 158 valence electrons. The summed E-state index contributed by atoms with van der Waals surface area (Å²) in [5.74, 6) is 0.579. The molecule has 1 atom stereocenters. The van der Waals surface area contributed by atoms with Crippen LogP contribution in [0.4, 0.5) is 4.39 Å². The lowest BCUT2D eigenvalue weighted by atomic mass is 10.1. The van der Waals surface area contributed by atoms with E-state index in [0.717, 1.165) is 0 Å². The highest BCUT2D eigenvalue weighted by molar-refractivity contribution is 7.91. The molecule has 1 aliphatic rings. The molecule has 9 heteroatoms. The summed E-state index contributed by atoms with van der Waals surface area (Å²) in [5.41, 5.74) is 0.983. The first-order chi connectivity index (χ1) is 14.2. The number of furan rings is 1. The lowest BCUT2D eigenvalue weighted by Crippen LogP contribution is -2.40. The smallest absolute Gasteiger partial charge is 0.276 e. The Morgan fingerprint density at radius 3 is 2.67 bits per heavy atom. The number of nitrogens with zero attached hydrogens (tertiary/aromatic N) is 2. The van der Waals surface area contributed by atoms with Gasteiger partial charge in [0.05, 0.1) is 18.1 Å². The summed E-state index contributed by atoms with van der Waals surface area (Å²) < 4.78 is 48.7. The largest absolute Gasteiger partial charge is 0.464 e. The molecular formula is C21H21FN2O5S. The molecule has 0 saturated carbocycles. The monoisotopic (exact) mass is 432 g/mol. The molecule has 0 spiro atoms. The van der Waals surface area contributed by atoms with Crippen LogP contribution in [-0.4, -0.2) is 41.9 Å². The first-order valence-electron chi connectivity index (χ1n) is 9.52. The Labute approximate surface area is 173 Å². The topological polar surface area (TPSA) is 93.6 Å². The van der Waals surface area contributed by atoms with Crippen molar-refractivity contribution in [2.24, 2.45) is 0 Å². The number of aromatic nitrogens is 1. The van der Waals surface area contributed by atoms with E-state index in [-0.39, 0.29) is 35.3 Å². The lowest BCUT2D eigenvalue weighted by molar-refractivity contribution is 0.0655. The van der Waals surface area contributed by atoms with E-state index in [1.807, 2.05) is 0 Å². The van der Waals surface area contributed by atoms with Gasteiger partial charge in [-0.05, 0) is 44.0 Å². The van der Waals surface area contributed by atoms with Gasteiger partial charge in [-0.1, -0.05) is 17.3 Å². The van der Waals surface area contributed by atoms with Gasteiger partial charge in [-0.25, -0.2) is 12.8 Å². The second kappa shape index (κ2) is 7.71. The molecule has 0 unspecified atom stereocenters. The second-order valence-corrected chi connectivity index (χ2v) is 9.77. The number of carbonyl (C=O) groups excluding carboxylic acids is 1. The maximum Gasteiger partial charge on any atom is 0.276 e. The van der Waals surface area contributed by atoms with Crippen LogP contribution in [0.3, 0.4) is 0 Å². The average molecular weight is 432 g/mol. The van der Waals surface area contributed by atoms with Crippen LogP contribution < -0.4 is 0 Å². The molecule has 4 rings (SSSR count). The van der Waals surface area contributed by atoms with Gasteiger partial charge in [-0.3, -0.25) is 4.79 Å². The van der Waals surface area contributed by atoms with Crippen LogP contribution in [0.5, 0.6) is 0 Å². The van der Waals surface area contributed by atoms with Crippen LogP contribution in [0.1, 0.15) is 34.0 Å². The molecule has 3 heterocycles. The maximum absolute atomic E-state index is 13.9. The Hall–Kier alpha value is -2.94. The van der Waals surface area contributed by atoms with E-state index in [1.165, 1.54) is 17.0 Å². The van der Waals surface area contributed by atoms with Crippen LogP contribution in [0.25, 0.3) is 11.3 Å². The minimum absolute atomic E-state index is 0.0264. The van der Waals surface area contributed by atoms with E-state index in [4.69, 9.17) is 8.94 Å². The van der Waals surface area contributed by atoms with Crippen molar-refractivity contribution < 1.29 is 26.5 Å². The fourth-order valence-electron chi connectivity index (χ4n) is 3.53. The van der Waals surface area contributed by atoms with Crippen molar-refractivity contribution >= 4 is 15.7 Å². The predicted octanol–water partition coefficient (Wildman–Crippen LogP) is 3.52. The highest BCUT2D eigenvalue weighted by Gasteiger charge is 2.36. The molecule has 1 saturated heterocycles. The van der Waals surface area contributed by atoms with Crippen molar-refractivity contribution in [2.75, 3.05) is 11.5 Å². The zero-order chi connectivity index (χ0) is 21.5. The van der Waals surface area contributed by atoms with E-state index in [2.05, 4.69) is 5.16 Å². The zero-order valence-electron chi connectivity index (χ0n) is 16.6. The van der Waals surface area contributed by atoms with Crippen LogP contribution in [0.2, 0.25) is 0 Å². The Balaban J connectivity index is 1.62. The van der Waals surface area contributed by atoms with E-state index in [0.29, 0.717) is 29.1 Å². The van der Waals surface area contributed by atoms with E-state index >= 15 is 0 Å². The Morgan fingerprint density at radius 2 is 2.03 bits per heavy atom. The number of benzene rings is 1. The second-order valence-electron chi connectivity index (χ2n) is 7.54. The van der Waals surface area contributed by atoms with Crippen molar-refractivity contribution in [1.82, 2.24) is 10.1 Å². The first kappa shape index (κ1) is 20.3. The average Bonchev–Trinajstić information content (AvgIpc) is 3.41. The predicted molar refractivity (Wildman–Crippen MR) is 107 cm³/mol. The van der Waals surface area contributed by atoms with Crippen molar-refractivity contribution in [3.63, 3.8) is 0 Å². The Kier molecular flexibility index (Phi) is 5.23. The van der Waals surface area contributed by atoms with Gasteiger partial charge in [0, 0.05) is 17.7 Å². The molecule has 7 nitrogen and oxygen atoms in total. The van der Waals surface area contributed by atoms with Gasteiger partial charge >= 0.3 is 0 Å². The number of aryl methyl sites for hydroxylation is 2. The number of hydrogen-bond donors (Lipinski definition) is 0. The molecule has 1 fully saturated rings. The molecule has 2 aromatic heterocycles. The first-order valence-corrected chi connectivity index (χ1v) is 11.3. The molecule has 0 bridgehead atoms. The lowest BCUT2D eigenvalue weighted by Gasteiger charge is -2.26. The minimum Gasteiger partial charge on any atom is -0.464 e. The van der Waals surface area contributed by atoms with Gasteiger partial charge < -0.3 is 13.8 Å². The maximum atomic E-state index is 13.9. The summed E-state index contributed by atoms with van der Waals surface area (Å²) in [4.78, 5) is 14.7. The van der Waals surface area contributed by atoms with Gasteiger partial charge in [0.2, 0.25) is 0 Å². The van der Waals surface area contributed by atoms with Crippen molar-refractivity contribution in [3.8, 4) is 11.3 Å². The molecule has 0 radical (unpaired) electrons. The van der Waals surface area contributed by atoms with Crippen molar-refractivity contribution in [2.45, 2.75) is 32.9 Å².